The Morgan fingerprint density at radius 1 is 1.15 bits per heavy atom. The van der Waals surface area contributed by atoms with E-state index in [1.54, 1.807) is 42.7 Å². The van der Waals surface area contributed by atoms with Gasteiger partial charge in [-0.2, -0.15) is 0 Å². The third kappa shape index (κ3) is 4.03. The van der Waals surface area contributed by atoms with Crippen molar-refractivity contribution in [2.24, 2.45) is 0 Å². The van der Waals surface area contributed by atoms with E-state index in [0.717, 1.165) is 0 Å². The van der Waals surface area contributed by atoms with Gasteiger partial charge in [-0.25, -0.2) is 9.97 Å². The molecule has 0 fully saturated rings. The first-order chi connectivity index (χ1) is 9.79. The molecule has 6 heteroatoms. The van der Waals surface area contributed by atoms with Gasteiger partial charge < -0.3 is 15.7 Å². The first kappa shape index (κ1) is 14.0. The molecule has 0 saturated carbocycles. The minimum atomic E-state index is -0.411. The monoisotopic (exact) mass is 272 g/mol. The highest BCUT2D eigenvalue weighted by Crippen LogP contribution is 2.00. The maximum absolute atomic E-state index is 11.9. The molecule has 1 amide bonds. The smallest absolute Gasteiger partial charge is 0.251 e. The van der Waals surface area contributed by atoms with Crippen LogP contribution < -0.4 is 10.6 Å². The molecule has 2 rings (SSSR count). The molecule has 0 bridgehead atoms. The molecule has 1 aromatic carbocycles. The molecule has 0 spiro atoms. The molecular formula is C14H16N4O2. The van der Waals surface area contributed by atoms with Crippen molar-refractivity contribution in [1.29, 1.82) is 0 Å². The summed E-state index contributed by atoms with van der Waals surface area (Å²) < 4.78 is 0. The highest BCUT2D eigenvalue weighted by atomic mass is 16.3. The third-order valence-electron chi connectivity index (χ3n) is 2.66. The SMILES string of the molecule is O=C(NC(CO)CNc1ncccn1)c1ccccc1. The predicted molar refractivity (Wildman–Crippen MR) is 75.3 cm³/mol. The van der Waals surface area contributed by atoms with E-state index in [4.69, 9.17) is 0 Å². The minimum absolute atomic E-state index is 0.168. The van der Waals surface area contributed by atoms with Crippen LogP contribution in [0, 0.1) is 0 Å². The molecule has 1 aromatic heterocycles. The van der Waals surface area contributed by atoms with Crippen molar-refractivity contribution >= 4 is 11.9 Å². The van der Waals surface area contributed by atoms with E-state index in [1.165, 1.54) is 0 Å². The van der Waals surface area contributed by atoms with Crippen LogP contribution >= 0.6 is 0 Å². The summed E-state index contributed by atoms with van der Waals surface area (Å²) in [5, 5.41) is 15.0. The lowest BCUT2D eigenvalue weighted by Gasteiger charge is -2.16. The summed E-state index contributed by atoms with van der Waals surface area (Å²) in [5.74, 6) is 0.236. The number of carbonyl (C=O) groups excluding carboxylic acids is 1. The van der Waals surface area contributed by atoms with Crippen LogP contribution in [0.2, 0.25) is 0 Å². The fourth-order valence-corrected chi connectivity index (χ4v) is 1.62. The maximum atomic E-state index is 11.9. The summed E-state index contributed by atoms with van der Waals surface area (Å²) in [4.78, 5) is 20.0. The van der Waals surface area contributed by atoms with Crippen LogP contribution in [0.5, 0.6) is 0 Å². The molecule has 104 valence electrons. The van der Waals surface area contributed by atoms with Gasteiger partial charge >= 0.3 is 0 Å². The summed E-state index contributed by atoms with van der Waals surface area (Å²) in [7, 11) is 0. The largest absolute Gasteiger partial charge is 0.394 e. The molecule has 0 aliphatic carbocycles. The molecule has 0 radical (unpaired) electrons. The summed E-state index contributed by atoms with van der Waals surface area (Å²) in [5.41, 5.74) is 0.557. The fourth-order valence-electron chi connectivity index (χ4n) is 1.62. The van der Waals surface area contributed by atoms with Crippen molar-refractivity contribution in [3.05, 3.63) is 54.4 Å². The molecular weight excluding hydrogens is 256 g/mol. The van der Waals surface area contributed by atoms with E-state index < -0.39 is 6.04 Å². The number of nitrogens with one attached hydrogen (secondary N) is 2. The van der Waals surface area contributed by atoms with Crippen LogP contribution in [0.1, 0.15) is 10.4 Å². The van der Waals surface area contributed by atoms with Gasteiger partial charge in [-0.1, -0.05) is 18.2 Å². The van der Waals surface area contributed by atoms with Gasteiger partial charge in [0, 0.05) is 24.5 Å². The van der Waals surface area contributed by atoms with Crippen LogP contribution in [0.3, 0.4) is 0 Å². The summed E-state index contributed by atoms with van der Waals surface area (Å²) in [6.45, 7) is 0.178. The van der Waals surface area contributed by atoms with Crippen molar-refractivity contribution in [1.82, 2.24) is 15.3 Å². The first-order valence-electron chi connectivity index (χ1n) is 6.27. The van der Waals surface area contributed by atoms with Crippen LogP contribution in [-0.2, 0) is 0 Å². The second-order valence-corrected chi connectivity index (χ2v) is 4.17. The average molecular weight is 272 g/mol. The number of aliphatic hydroxyl groups is 1. The highest BCUT2D eigenvalue weighted by Gasteiger charge is 2.12. The Morgan fingerprint density at radius 2 is 1.85 bits per heavy atom. The van der Waals surface area contributed by atoms with E-state index in [-0.39, 0.29) is 12.5 Å². The molecule has 2 aromatic rings. The number of hydrogen-bond acceptors (Lipinski definition) is 5. The lowest BCUT2D eigenvalue weighted by Crippen LogP contribution is -2.42. The zero-order valence-electron chi connectivity index (χ0n) is 10.9. The van der Waals surface area contributed by atoms with Gasteiger partial charge in [-0.05, 0) is 18.2 Å². The number of nitrogens with zero attached hydrogens (tertiary/aromatic N) is 2. The van der Waals surface area contributed by atoms with E-state index in [9.17, 15) is 9.90 Å². The van der Waals surface area contributed by atoms with Crippen molar-refractivity contribution < 1.29 is 9.90 Å². The molecule has 1 atom stereocenters. The molecule has 20 heavy (non-hydrogen) atoms. The Bertz CT molecular complexity index is 533. The van der Waals surface area contributed by atoms with Gasteiger partial charge in [0.15, 0.2) is 0 Å². The van der Waals surface area contributed by atoms with E-state index in [2.05, 4.69) is 20.6 Å². The van der Waals surface area contributed by atoms with Gasteiger partial charge in [0.05, 0.1) is 12.6 Å². The van der Waals surface area contributed by atoms with Crippen molar-refractivity contribution in [3.8, 4) is 0 Å². The van der Waals surface area contributed by atoms with Crippen LogP contribution in [0.4, 0.5) is 5.95 Å². The molecule has 0 aliphatic heterocycles. The Labute approximate surface area is 116 Å². The third-order valence-corrected chi connectivity index (χ3v) is 2.66. The summed E-state index contributed by atoms with van der Waals surface area (Å²) in [6, 6.07) is 10.2. The second kappa shape index (κ2) is 7.20. The average Bonchev–Trinajstić information content (AvgIpc) is 2.53. The standard InChI is InChI=1S/C14H16N4O2/c19-10-12(9-17-14-15-7-4-8-16-14)18-13(20)11-5-2-1-3-6-11/h1-8,12,19H,9-10H2,(H,18,20)(H,15,16,17). The number of aliphatic hydroxyl groups excluding tert-OH is 1. The van der Waals surface area contributed by atoms with Gasteiger partial charge in [0.2, 0.25) is 5.95 Å². The number of aromatic nitrogens is 2. The molecule has 1 heterocycles. The van der Waals surface area contributed by atoms with Crippen molar-refractivity contribution in [2.45, 2.75) is 6.04 Å². The summed E-state index contributed by atoms with van der Waals surface area (Å²) in [6.07, 6.45) is 3.23. The molecule has 3 N–H and O–H groups in total. The van der Waals surface area contributed by atoms with E-state index in [0.29, 0.717) is 18.1 Å². The Hall–Kier alpha value is -2.47. The number of anilines is 1. The number of amides is 1. The second-order valence-electron chi connectivity index (χ2n) is 4.17. The van der Waals surface area contributed by atoms with Crippen LogP contribution in [0.15, 0.2) is 48.8 Å². The quantitative estimate of drug-likeness (QED) is 0.720. The van der Waals surface area contributed by atoms with Gasteiger partial charge in [0.1, 0.15) is 0 Å². The number of carbonyl (C=O) groups is 1. The number of rotatable bonds is 6. The van der Waals surface area contributed by atoms with Crippen LogP contribution in [-0.4, -0.2) is 40.2 Å². The van der Waals surface area contributed by atoms with Gasteiger partial charge in [-0.3, -0.25) is 4.79 Å². The maximum Gasteiger partial charge on any atom is 0.251 e. The van der Waals surface area contributed by atoms with E-state index in [1.807, 2.05) is 6.07 Å². The zero-order chi connectivity index (χ0) is 14.2. The fraction of sp³-hybridized carbons (Fsp3) is 0.214. The van der Waals surface area contributed by atoms with E-state index >= 15 is 0 Å². The molecule has 6 nitrogen and oxygen atoms in total. The molecule has 0 aliphatic rings. The molecule has 1 unspecified atom stereocenters. The topological polar surface area (TPSA) is 87.1 Å². The lowest BCUT2D eigenvalue weighted by molar-refractivity contribution is 0.0920. The highest BCUT2D eigenvalue weighted by molar-refractivity contribution is 5.94. The van der Waals surface area contributed by atoms with Gasteiger partial charge in [-0.15, -0.1) is 0 Å². The number of benzene rings is 1. The van der Waals surface area contributed by atoms with Crippen molar-refractivity contribution in [2.75, 3.05) is 18.5 Å². The normalized spacial score (nSPS) is 11.7. The predicted octanol–water partition coefficient (Wildman–Crippen LogP) is 0.679. The van der Waals surface area contributed by atoms with Crippen molar-refractivity contribution in [3.63, 3.8) is 0 Å². The Balaban J connectivity index is 1.88. The van der Waals surface area contributed by atoms with Gasteiger partial charge in [0.25, 0.3) is 5.91 Å². The summed E-state index contributed by atoms with van der Waals surface area (Å²) >= 11 is 0. The molecule has 0 saturated heterocycles. The Kier molecular flexibility index (Phi) is 5.02. The number of hydrogen-bond donors (Lipinski definition) is 3. The van der Waals surface area contributed by atoms with Crippen LogP contribution in [0.25, 0.3) is 0 Å². The lowest BCUT2D eigenvalue weighted by atomic mass is 10.2. The minimum Gasteiger partial charge on any atom is -0.394 e. The first-order valence-corrected chi connectivity index (χ1v) is 6.27. The zero-order valence-corrected chi connectivity index (χ0v) is 10.9. The Morgan fingerprint density at radius 3 is 2.50 bits per heavy atom.